The van der Waals surface area contributed by atoms with E-state index in [9.17, 15) is 4.79 Å². The largest absolute Gasteiger partial charge is 0.345 e. The Hall–Kier alpha value is -2.51. The number of carbonyl (C=O) groups excluding carboxylic acids is 1. The highest BCUT2D eigenvalue weighted by Crippen LogP contribution is 2.35. The first-order valence-electron chi connectivity index (χ1n) is 10.1. The Bertz CT molecular complexity index is 1020. The lowest BCUT2D eigenvalue weighted by atomic mass is 10.1. The summed E-state index contributed by atoms with van der Waals surface area (Å²) < 4.78 is 0. The lowest BCUT2D eigenvalue weighted by Gasteiger charge is -2.31. The normalized spacial score (nSPS) is 16.2. The molecular formula is C22H28N5OS+. The lowest BCUT2D eigenvalue weighted by Crippen LogP contribution is -3.12. The molecule has 1 aromatic carbocycles. The number of benzene rings is 1. The van der Waals surface area contributed by atoms with E-state index in [4.69, 9.17) is 4.98 Å². The van der Waals surface area contributed by atoms with Gasteiger partial charge in [0, 0.05) is 0 Å². The Labute approximate surface area is 175 Å². The fourth-order valence-electron chi connectivity index (χ4n) is 3.85. The molecule has 1 amide bonds. The van der Waals surface area contributed by atoms with Crippen LogP contribution >= 0.6 is 11.3 Å². The van der Waals surface area contributed by atoms with Crippen molar-refractivity contribution < 1.29 is 9.69 Å². The fourth-order valence-corrected chi connectivity index (χ4v) is 4.98. The molecule has 0 spiro atoms. The van der Waals surface area contributed by atoms with Crippen molar-refractivity contribution in [3.05, 3.63) is 52.2 Å². The Kier molecular flexibility index (Phi) is 5.52. The van der Waals surface area contributed by atoms with Gasteiger partial charge >= 0.3 is 0 Å². The summed E-state index contributed by atoms with van der Waals surface area (Å²) in [5.74, 6) is 1.68. The van der Waals surface area contributed by atoms with Gasteiger partial charge in [0.15, 0.2) is 0 Å². The van der Waals surface area contributed by atoms with Crippen LogP contribution in [0.15, 0.2) is 30.3 Å². The molecule has 7 heteroatoms. The highest BCUT2D eigenvalue weighted by molar-refractivity contribution is 7.20. The van der Waals surface area contributed by atoms with Crippen LogP contribution in [0.1, 0.15) is 39.6 Å². The number of aryl methyl sites for hydroxylation is 2. The average Bonchev–Trinajstić information content (AvgIpc) is 3.05. The maximum atomic E-state index is 13.1. The maximum absolute atomic E-state index is 13.1. The number of nitrogens with zero attached hydrogens (tertiary/aromatic N) is 3. The first-order chi connectivity index (χ1) is 13.9. The first kappa shape index (κ1) is 19.8. The Morgan fingerprint density at radius 2 is 1.86 bits per heavy atom. The molecule has 29 heavy (non-hydrogen) atoms. The molecule has 3 heterocycles. The summed E-state index contributed by atoms with van der Waals surface area (Å²) in [6, 6.07) is 9.98. The van der Waals surface area contributed by atoms with E-state index in [-0.39, 0.29) is 11.9 Å². The highest BCUT2D eigenvalue weighted by atomic mass is 32.1. The molecule has 4 rings (SSSR count). The van der Waals surface area contributed by atoms with E-state index in [0.717, 1.165) is 64.0 Å². The van der Waals surface area contributed by atoms with Gasteiger partial charge in [0.1, 0.15) is 16.5 Å². The third-order valence-corrected chi connectivity index (χ3v) is 6.84. The van der Waals surface area contributed by atoms with E-state index in [1.807, 2.05) is 51.1 Å². The molecule has 0 aliphatic carbocycles. The molecule has 1 fully saturated rings. The summed E-state index contributed by atoms with van der Waals surface area (Å²) >= 11 is 1.47. The molecule has 6 nitrogen and oxygen atoms in total. The molecule has 0 bridgehead atoms. The summed E-state index contributed by atoms with van der Waals surface area (Å²) in [6.07, 6.45) is 0. The topological polar surface area (TPSA) is 62.6 Å². The van der Waals surface area contributed by atoms with Crippen LogP contribution in [0.25, 0.3) is 10.2 Å². The van der Waals surface area contributed by atoms with Crippen molar-refractivity contribution in [1.82, 2.24) is 15.3 Å². The number of fused-ring (bicyclic) bond motifs is 1. The number of piperazine rings is 1. The zero-order valence-corrected chi connectivity index (χ0v) is 18.3. The summed E-state index contributed by atoms with van der Waals surface area (Å²) in [4.78, 5) is 28.0. The fraction of sp³-hybridized carbons (Fsp3) is 0.409. The van der Waals surface area contributed by atoms with Crippen LogP contribution in [0.2, 0.25) is 0 Å². The molecule has 3 aromatic rings. The Balaban J connectivity index is 1.66. The van der Waals surface area contributed by atoms with Crippen molar-refractivity contribution in [3.8, 4) is 0 Å². The van der Waals surface area contributed by atoms with Crippen LogP contribution in [0, 0.1) is 13.8 Å². The lowest BCUT2D eigenvalue weighted by molar-refractivity contribution is -0.880. The molecule has 0 radical (unpaired) electrons. The summed E-state index contributed by atoms with van der Waals surface area (Å²) in [6.45, 7) is 10.1. The predicted octanol–water partition coefficient (Wildman–Crippen LogP) is 2.13. The third-order valence-electron chi connectivity index (χ3n) is 5.65. The van der Waals surface area contributed by atoms with E-state index >= 15 is 0 Å². The number of likely N-dealkylation sites (N-methyl/N-ethyl adjacent to an activating group) is 1. The van der Waals surface area contributed by atoms with E-state index < -0.39 is 0 Å². The third kappa shape index (κ3) is 3.97. The molecule has 152 valence electrons. The zero-order valence-electron chi connectivity index (χ0n) is 17.5. The van der Waals surface area contributed by atoms with Crippen molar-refractivity contribution in [2.24, 2.45) is 0 Å². The van der Waals surface area contributed by atoms with Gasteiger partial charge in [0.05, 0.1) is 49.5 Å². The number of thiophene rings is 1. The number of nitrogens with one attached hydrogen (secondary N) is 2. The van der Waals surface area contributed by atoms with Gasteiger partial charge in [-0.3, -0.25) is 4.79 Å². The number of quaternary nitrogens is 1. The number of hydrogen-bond donors (Lipinski definition) is 2. The molecular weight excluding hydrogens is 382 g/mol. The monoisotopic (exact) mass is 410 g/mol. The van der Waals surface area contributed by atoms with E-state index in [0.29, 0.717) is 0 Å². The van der Waals surface area contributed by atoms with Crippen LogP contribution in [0.3, 0.4) is 0 Å². The van der Waals surface area contributed by atoms with Gasteiger partial charge in [-0.2, -0.15) is 0 Å². The molecule has 1 aliphatic heterocycles. The molecule has 0 saturated carbocycles. The summed E-state index contributed by atoms with van der Waals surface area (Å²) in [5.41, 5.74) is 2.07. The Morgan fingerprint density at radius 3 is 2.55 bits per heavy atom. The second-order valence-corrected chi connectivity index (χ2v) is 8.88. The number of hydrogen-bond acceptors (Lipinski definition) is 5. The molecule has 1 aliphatic rings. The van der Waals surface area contributed by atoms with Crippen molar-refractivity contribution in [3.63, 3.8) is 0 Å². The van der Waals surface area contributed by atoms with Crippen LogP contribution in [-0.2, 0) is 0 Å². The van der Waals surface area contributed by atoms with Gasteiger partial charge in [-0.15, -0.1) is 11.3 Å². The van der Waals surface area contributed by atoms with Gasteiger partial charge in [0.25, 0.3) is 5.91 Å². The molecule has 2 aromatic heterocycles. The van der Waals surface area contributed by atoms with Crippen LogP contribution in [0.4, 0.5) is 5.82 Å². The summed E-state index contributed by atoms with van der Waals surface area (Å²) in [5, 5.41) is 4.17. The number of rotatable bonds is 4. The van der Waals surface area contributed by atoms with Crippen molar-refractivity contribution >= 4 is 33.3 Å². The van der Waals surface area contributed by atoms with Crippen molar-refractivity contribution in [2.45, 2.75) is 26.8 Å². The zero-order chi connectivity index (χ0) is 20.5. The minimum absolute atomic E-state index is 0.0479. The quantitative estimate of drug-likeness (QED) is 0.692. The van der Waals surface area contributed by atoms with Crippen molar-refractivity contribution in [2.75, 3.05) is 38.1 Å². The van der Waals surface area contributed by atoms with Crippen LogP contribution < -0.4 is 15.1 Å². The predicted molar refractivity (Wildman–Crippen MR) is 118 cm³/mol. The van der Waals surface area contributed by atoms with E-state index in [1.54, 1.807) is 4.90 Å². The second kappa shape index (κ2) is 8.08. The minimum Gasteiger partial charge on any atom is -0.345 e. The summed E-state index contributed by atoms with van der Waals surface area (Å²) in [7, 11) is 2.23. The SMILES string of the molecule is Cc1nc(N2CC[NH+](C)CC2)c2c(C)c(C(=O)NC(C)c3ccccc3)sc2n1. The van der Waals surface area contributed by atoms with E-state index in [1.165, 1.54) is 11.3 Å². The molecule has 1 unspecified atom stereocenters. The molecule has 2 N–H and O–H groups in total. The van der Waals surface area contributed by atoms with Gasteiger partial charge in [-0.25, -0.2) is 9.97 Å². The number of anilines is 1. The first-order valence-corrected chi connectivity index (χ1v) is 11.0. The number of carbonyl (C=O) groups is 1. The van der Waals surface area contributed by atoms with Gasteiger partial charge in [0.2, 0.25) is 0 Å². The highest BCUT2D eigenvalue weighted by Gasteiger charge is 2.26. The van der Waals surface area contributed by atoms with Gasteiger partial charge in [-0.05, 0) is 31.9 Å². The number of aromatic nitrogens is 2. The number of amides is 1. The standard InChI is InChI=1S/C22H27N5OS/c1-14-18-20(27-12-10-26(4)11-13-27)24-16(3)25-22(18)29-19(14)21(28)23-15(2)17-8-6-5-7-9-17/h5-9,15H,10-13H2,1-4H3,(H,23,28)/p+1. The second-order valence-electron chi connectivity index (χ2n) is 7.88. The van der Waals surface area contributed by atoms with E-state index in [2.05, 4.69) is 22.2 Å². The van der Waals surface area contributed by atoms with Gasteiger partial charge < -0.3 is 15.1 Å². The molecule has 1 saturated heterocycles. The van der Waals surface area contributed by atoms with Crippen molar-refractivity contribution in [1.29, 1.82) is 0 Å². The smallest absolute Gasteiger partial charge is 0.262 e. The minimum atomic E-state index is -0.0544. The Morgan fingerprint density at radius 1 is 1.17 bits per heavy atom. The van der Waals surface area contributed by atoms with Crippen LogP contribution in [0.5, 0.6) is 0 Å². The molecule has 1 atom stereocenters. The van der Waals surface area contributed by atoms with Crippen LogP contribution in [-0.4, -0.2) is 49.1 Å². The maximum Gasteiger partial charge on any atom is 0.262 e. The van der Waals surface area contributed by atoms with Gasteiger partial charge in [-0.1, -0.05) is 30.3 Å². The average molecular weight is 411 g/mol.